The summed E-state index contributed by atoms with van der Waals surface area (Å²) >= 11 is 0. The van der Waals surface area contributed by atoms with Crippen LogP contribution in [-0.2, 0) is 51.0 Å². The number of carbonyl (C=O) groups excluding carboxylic acids is 7. The highest BCUT2D eigenvalue weighted by Crippen LogP contribution is 2.41. The van der Waals surface area contributed by atoms with Gasteiger partial charge in [0.25, 0.3) is 0 Å². The molecular weight excluding hydrogens is 871 g/mol. The fraction of sp³-hybridized carbons (Fsp3) is 0.627. The van der Waals surface area contributed by atoms with Gasteiger partial charge in [-0.2, -0.15) is 0 Å². The van der Waals surface area contributed by atoms with Crippen LogP contribution in [0.2, 0.25) is 0 Å². The molecule has 2 saturated heterocycles. The standard InChI is InChI=1S/C51H77N7O10/c1-34(2)29-39(54-43(60)40(30-36-19-13-11-14-20-36)55-44(61)41(31-37-21-15-12-16-22-37)56-48(65)68-50(7,8)9)42(59)53-38(23-17-18-26-52-47(64)67-49(4,5)6)45(62)57-27-24-51(25-28-57)32-58(33-51)35(3)46(63)66-10/h11-16,19-22,34-35,38-41H,17-18,23-33H2,1-10H3,(H,52,64)(H,53,59)(H,54,60)(H,55,61)(H,56,65)/t35?,38-,39-,40-,41-/m1/s1. The van der Waals surface area contributed by atoms with Gasteiger partial charge in [0.1, 0.15) is 41.4 Å². The molecule has 17 heteroatoms. The predicted molar refractivity (Wildman–Crippen MR) is 258 cm³/mol. The van der Waals surface area contributed by atoms with Crippen LogP contribution in [0.4, 0.5) is 9.59 Å². The van der Waals surface area contributed by atoms with Gasteiger partial charge in [-0.3, -0.25) is 28.9 Å². The lowest BCUT2D eigenvalue weighted by Gasteiger charge is -2.55. The van der Waals surface area contributed by atoms with Crippen molar-refractivity contribution < 1.29 is 47.8 Å². The lowest BCUT2D eigenvalue weighted by Crippen LogP contribution is -2.65. The third-order valence-electron chi connectivity index (χ3n) is 12.1. The van der Waals surface area contributed by atoms with E-state index in [4.69, 9.17) is 14.2 Å². The highest BCUT2D eigenvalue weighted by Gasteiger charge is 2.48. The van der Waals surface area contributed by atoms with Gasteiger partial charge in [-0.1, -0.05) is 74.5 Å². The number of rotatable bonds is 21. The van der Waals surface area contributed by atoms with Crippen LogP contribution in [0.1, 0.15) is 112 Å². The van der Waals surface area contributed by atoms with Crippen molar-refractivity contribution in [1.82, 2.24) is 36.4 Å². The topological polar surface area (TPSA) is 214 Å². The fourth-order valence-corrected chi connectivity index (χ4v) is 8.47. The zero-order valence-electron chi connectivity index (χ0n) is 41.9. The number of esters is 1. The molecule has 2 aliphatic rings. The van der Waals surface area contributed by atoms with Crippen LogP contribution >= 0.6 is 0 Å². The van der Waals surface area contributed by atoms with Crippen LogP contribution in [0.5, 0.6) is 0 Å². The molecule has 0 saturated carbocycles. The number of likely N-dealkylation sites (tertiary alicyclic amines) is 2. The molecule has 2 heterocycles. The van der Waals surface area contributed by atoms with Gasteiger partial charge < -0.3 is 45.7 Å². The number of alkyl carbamates (subject to hydrolysis) is 2. The first-order valence-electron chi connectivity index (χ1n) is 24.0. The average Bonchev–Trinajstić information content (AvgIpc) is 3.25. The molecule has 0 radical (unpaired) electrons. The van der Waals surface area contributed by atoms with Gasteiger partial charge in [-0.15, -0.1) is 0 Å². The first-order chi connectivity index (χ1) is 32.0. The maximum atomic E-state index is 14.5. The first kappa shape index (κ1) is 54.9. The van der Waals surface area contributed by atoms with Crippen LogP contribution in [-0.4, -0.2) is 133 Å². The van der Waals surface area contributed by atoms with Crippen molar-refractivity contribution >= 4 is 41.8 Å². The van der Waals surface area contributed by atoms with E-state index in [1.807, 2.05) is 81.4 Å². The molecule has 0 aromatic heterocycles. The normalized spacial score (nSPS) is 17.0. The Labute approximate surface area is 402 Å². The van der Waals surface area contributed by atoms with Crippen LogP contribution in [0.15, 0.2) is 60.7 Å². The number of piperidine rings is 1. The van der Waals surface area contributed by atoms with Crippen molar-refractivity contribution in [3.63, 3.8) is 0 Å². The van der Waals surface area contributed by atoms with E-state index in [1.165, 1.54) is 7.11 Å². The van der Waals surface area contributed by atoms with Gasteiger partial charge in [0.05, 0.1) is 7.11 Å². The maximum absolute atomic E-state index is 14.5. The molecule has 2 fully saturated rings. The van der Waals surface area contributed by atoms with Gasteiger partial charge >= 0.3 is 18.2 Å². The van der Waals surface area contributed by atoms with Crippen molar-refractivity contribution in [1.29, 1.82) is 0 Å². The molecule has 2 aromatic rings. The molecule has 5 N–H and O–H groups in total. The van der Waals surface area contributed by atoms with E-state index in [1.54, 1.807) is 46.4 Å². The Morgan fingerprint density at radius 1 is 0.632 bits per heavy atom. The summed E-state index contributed by atoms with van der Waals surface area (Å²) in [4.78, 5) is 98.8. The first-order valence-corrected chi connectivity index (χ1v) is 24.0. The summed E-state index contributed by atoms with van der Waals surface area (Å²) in [5, 5.41) is 14.2. The van der Waals surface area contributed by atoms with Crippen LogP contribution in [0.3, 0.4) is 0 Å². The molecule has 1 spiro atoms. The Balaban J connectivity index is 1.53. The summed E-state index contributed by atoms with van der Waals surface area (Å²) in [6.45, 7) is 18.9. The second-order valence-corrected chi connectivity index (χ2v) is 20.7. The van der Waals surface area contributed by atoms with Crippen LogP contribution in [0.25, 0.3) is 0 Å². The number of hydrogen-bond acceptors (Lipinski definition) is 11. The third-order valence-corrected chi connectivity index (χ3v) is 12.1. The van der Waals surface area contributed by atoms with Crippen molar-refractivity contribution in [3.05, 3.63) is 71.8 Å². The number of amides is 6. The maximum Gasteiger partial charge on any atom is 0.408 e. The number of carbonyl (C=O) groups is 7. The number of benzene rings is 2. The Kier molecular flexibility index (Phi) is 20.2. The lowest BCUT2D eigenvalue weighted by atomic mass is 9.71. The Morgan fingerprint density at radius 3 is 1.60 bits per heavy atom. The number of unbranched alkanes of at least 4 members (excludes halogenated alkanes) is 1. The molecular formula is C51H77N7O10. The minimum atomic E-state index is -1.17. The van der Waals surface area contributed by atoms with Gasteiger partial charge in [0.15, 0.2) is 0 Å². The van der Waals surface area contributed by atoms with Crippen molar-refractivity contribution in [2.24, 2.45) is 11.3 Å². The van der Waals surface area contributed by atoms with Gasteiger partial charge in [-0.25, -0.2) is 9.59 Å². The summed E-state index contributed by atoms with van der Waals surface area (Å²) in [6, 6.07) is 13.7. The van der Waals surface area contributed by atoms with Crippen LogP contribution in [0, 0.1) is 11.3 Å². The second kappa shape index (κ2) is 25.1. The SMILES string of the molecule is COC(=O)C(C)N1CC2(CCN(C(=O)[C@@H](CCCCNC(=O)OC(C)(C)C)NC(=O)[C@@H](CC(C)C)NC(=O)[C@@H](Cc3ccccc3)NC(=O)[C@@H](Cc3ccccc3)NC(=O)OC(C)(C)C)CC2)C1. The van der Waals surface area contributed by atoms with E-state index in [-0.39, 0.29) is 54.9 Å². The predicted octanol–water partition coefficient (Wildman–Crippen LogP) is 5.05. The number of ether oxygens (including phenoxy) is 3. The Morgan fingerprint density at radius 2 is 1.10 bits per heavy atom. The third kappa shape index (κ3) is 18.1. The molecule has 376 valence electrons. The van der Waals surface area contributed by atoms with Crippen molar-refractivity contribution in [2.75, 3.05) is 39.8 Å². The van der Waals surface area contributed by atoms with Gasteiger partial charge in [-0.05, 0) is 109 Å². The minimum absolute atomic E-state index is 0.0170. The van der Waals surface area contributed by atoms with Crippen molar-refractivity contribution in [2.45, 2.75) is 155 Å². The Bertz CT molecular complexity index is 1990. The van der Waals surface area contributed by atoms with Crippen molar-refractivity contribution in [3.8, 4) is 0 Å². The van der Waals surface area contributed by atoms with E-state index < -0.39 is 65.3 Å². The summed E-state index contributed by atoms with van der Waals surface area (Å²) < 4.78 is 15.8. The Hall–Kier alpha value is -5.71. The van der Waals surface area contributed by atoms with E-state index in [0.29, 0.717) is 32.5 Å². The zero-order valence-corrected chi connectivity index (χ0v) is 41.9. The summed E-state index contributed by atoms with van der Waals surface area (Å²) in [5.74, 6) is -2.36. The fourth-order valence-electron chi connectivity index (χ4n) is 8.47. The zero-order chi connectivity index (χ0) is 50.2. The summed E-state index contributed by atoms with van der Waals surface area (Å²) in [7, 11) is 1.38. The molecule has 17 nitrogen and oxygen atoms in total. The number of nitrogens with zero attached hydrogens (tertiary/aromatic N) is 2. The summed E-state index contributed by atoms with van der Waals surface area (Å²) in [5.41, 5.74) is 0.0184. The highest BCUT2D eigenvalue weighted by molar-refractivity contribution is 5.95. The van der Waals surface area contributed by atoms with Gasteiger partial charge in [0.2, 0.25) is 23.6 Å². The van der Waals surface area contributed by atoms with E-state index >= 15 is 0 Å². The number of hydrogen-bond donors (Lipinski definition) is 5. The minimum Gasteiger partial charge on any atom is -0.468 e. The molecule has 0 aliphatic carbocycles. The van der Waals surface area contributed by atoms with Crippen LogP contribution < -0.4 is 26.6 Å². The molecule has 2 aromatic carbocycles. The average molecular weight is 948 g/mol. The number of nitrogens with one attached hydrogen (secondary N) is 5. The quantitative estimate of drug-likeness (QED) is 0.0635. The monoisotopic (exact) mass is 948 g/mol. The highest BCUT2D eigenvalue weighted by atomic mass is 16.6. The molecule has 0 bridgehead atoms. The van der Waals surface area contributed by atoms with E-state index in [9.17, 15) is 33.6 Å². The molecule has 4 rings (SSSR count). The lowest BCUT2D eigenvalue weighted by molar-refractivity contribution is -0.155. The molecule has 6 amide bonds. The smallest absolute Gasteiger partial charge is 0.408 e. The van der Waals surface area contributed by atoms with Gasteiger partial charge in [0, 0.05) is 45.6 Å². The summed E-state index contributed by atoms with van der Waals surface area (Å²) in [6.07, 6.45) is 1.83. The molecule has 1 unspecified atom stereocenters. The van der Waals surface area contributed by atoms with E-state index in [2.05, 4.69) is 31.5 Å². The molecule has 2 aliphatic heterocycles. The number of methoxy groups -OCH3 is 1. The van der Waals surface area contributed by atoms with E-state index in [0.717, 1.165) is 37.1 Å². The molecule has 68 heavy (non-hydrogen) atoms. The molecule has 5 atom stereocenters. The largest absolute Gasteiger partial charge is 0.468 e. The second-order valence-electron chi connectivity index (χ2n) is 20.7.